The number of carbonyl (C=O) groups excluding carboxylic acids is 1. The molecule has 1 fully saturated rings. The van der Waals surface area contributed by atoms with Gasteiger partial charge in [-0.25, -0.2) is 0 Å². The van der Waals surface area contributed by atoms with Crippen LogP contribution in [-0.2, 0) is 14.3 Å². The Balaban J connectivity index is 2.13. The van der Waals surface area contributed by atoms with Gasteiger partial charge >= 0.3 is 5.97 Å². The Morgan fingerprint density at radius 3 is 2.56 bits per heavy atom. The van der Waals surface area contributed by atoms with Crippen LogP contribution in [0.4, 0.5) is 0 Å². The zero-order chi connectivity index (χ0) is 11.7. The second-order valence-electron chi connectivity index (χ2n) is 3.87. The molecule has 1 amide bonds. The molecule has 2 aliphatic heterocycles. The fraction of sp³-hybridized carbons (Fsp3) is 0.455. The van der Waals surface area contributed by atoms with E-state index in [1.54, 1.807) is 18.2 Å². The van der Waals surface area contributed by atoms with Gasteiger partial charge in [0.15, 0.2) is 0 Å². The van der Waals surface area contributed by atoms with Crippen LogP contribution in [0.3, 0.4) is 0 Å². The molecule has 5 nitrogen and oxygen atoms in total. The molecule has 2 bridgehead atoms. The first kappa shape index (κ1) is 10.9. The van der Waals surface area contributed by atoms with Crippen molar-refractivity contribution in [1.29, 1.82) is 0 Å². The average molecular weight is 223 g/mol. The summed E-state index contributed by atoms with van der Waals surface area (Å²) in [6.45, 7) is 3.82. The minimum Gasteiger partial charge on any atom is -0.481 e. The summed E-state index contributed by atoms with van der Waals surface area (Å²) in [5.41, 5.74) is 0. The maximum absolute atomic E-state index is 11.8. The molecule has 2 N–H and O–H groups in total. The Hall–Kier alpha value is -1.62. The number of ether oxygens (including phenoxy) is 1. The van der Waals surface area contributed by atoms with Crippen LogP contribution in [0.5, 0.6) is 0 Å². The Morgan fingerprint density at radius 1 is 1.38 bits per heavy atom. The standard InChI is InChI=1S/C11H13NO4/c1-2-5-12-10(13)8-6-3-4-7(16-6)9(8)11(14)15/h2-4,6-9H,1,5H2,(H,12,13)(H,14,15)/t6-,7+,8+,9+/m1/s1. The summed E-state index contributed by atoms with van der Waals surface area (Å²) in [4.78, 5) is 22.8. The zero-order valence-corrected chi connectivity index (χ0v) is 8.63. The fourth-order valence-corrected chi connectivity index (χ4v) is 2.21. The highest BCUT2D eigenvalue weighted by molar-refractivity contribution is 5.87. The summed E-state index contributed by atoms with van der Waals surface area (Å²) < 4.78 is 5.38. The SMILES string of the molecule is C=CCNC(=O)[C@@H]1[C@@H](C(=O)O)[C@@H]2C=C[C@H]1O2. The van der Waals surface area contributed by atoms with Crippen molar-refractivity contribution in [1.82, 2.24) is 5.32 Å². The van der Waals surface area contributed by atoms with Crippen molar-refractivity contribution in [3.8, 4) is 0 Å². The first-order valence-electron chi connectivity index (χ1n) is 5.10. The molecule has 0 radical (unpaired) electrons. The van der Waals surface area contributed by atoms with Gasteiger partial charge in [-0.3, -0.25) is 9.59 Å². The number of hydrogen-bond donors (Lipinski definition) is 2. The van der Waals surface area contributed by atoms with Crippen molar-refractivity contribution in [2.45, 2.75) is 12.2 Å². The van der Waals surface area contributed by atoms with Crippen molar-refractivity contribution < 1.29 is 19.4 Å². The van der Waals surface area contributed by atoms with Crippen LogP contribution in [0, 0.1) is 11.8 Å². The van der Waals surface area contributed by atoms with E-state index in [4.69, 9.17) is 9.84 Å². The number of hydrogen-bond acceptors (Lipinski definition) is 3. The third-order valence-corrected chi connectivity index (χ3v) is 2.91. The van der Waals surface area contributed by atoms with Gasteiger partial charge in [-0.2, -0.15) is 0 Å². The summed E-state index contributed by atoms with van der Waals surface area (Å²) >= 11 is 0. The average Bonchev–Trinajstić information content (AvgIpc) is 2.84. The molecule has 0 aromatic heterocycles. The molecule has 2 aliphatic rings. The Morgan fingerprint density at radius 2 is 2.00 bits per heavy atom. The third-order valence-electron chi connectivity index (χ3n) is 2.91. The third kappa shape index (κ3) is 1.63. The number of fused-ring (bicyclic) bond motifs is 2. The van der Waals surface area contributed by atoms with E-state index in [9.17, 15) is 9.59 Å². The second kappa shape index (κ2) is 4.09. The monoisotopic (exact) mass is 223 g/mol. The smallest absolute Gasteiger partial charge is 0.310 e. The van der Waals surface area contributed by atoms with Gasteiger partial charge in [0.05, 0.1) is 18.1 Å². The van der Waals surface area contributed by atoms with Gasteiger partial charge in [-0.05, 0) is 0 Å². The lowest BCUT2D eigenvalue weighted by atomic mass is 9.82. The molecule has 2 heterocycles. The molecular weight excluding hydrogens is 210 g/mol. The van der Waals surface area contributed by atoms with Gasteiger partial charge in [0.25, 0.3) is 0 Å². The van der Waals surface area contributed by atoms with Crippen molar-refractivity contribution in [2.75, 3.05) is 6.54 Å². The largest absolute Gasteiger partial charge is 0.481 e. The first-order chi connectivity index (χ1) is 7.65. The van der Waals surface area contributed by atoms with E-state index in [1.807, 2.05) is 0 Å². The number of carbonyl (C=O) groups is 2. The molecule has 16 heavy (non-hydrogen) atoms. The van der Waals surface area contributed by atoms with Crippen molar-refractivity contribution in [3.05, 3.63) is 24.8 Å². The predicted molar refractivity (Wildman–Crippen MR) is 55.6 cm³/mol. The maximum atomic E-state index is 11.8. The lowest BCUT2D eigenvalue weighted by Gasteiger charge is -2.20. The molecule has 1 saturated heterocycles. The molecule has 86 valence electrons. The van der Waals surface area contributed by atoms with Crippen LogP contribution in [0.15, 0.2) is 24.8 Å². The highest BCUT2D eigenvalue weighted by Gasteiger charge is 2.52. The topological polar surface area (TPSA) is 75.6 Å². The predicted octanol–water partition coefficient (Wildman–Crippen LogP) is -0.0572. The molecule has 4 atom stereocenters. The Labute approximate surface area is 92.8 Å². The molecule has 0 aromatic carbocycles. The summed E-state index contributed by atoms with van der Waals surface area (Å²) in [6, 6.07) is 0. The maximum Gasteiger partial charge on any atom is 0.310 e. The molecule has 0 aliphatic carbocycles. The number of carboxylic acid groups (broad SMARTS) is 1. The fourth-order valence-electron chi connectivity index (χ4n) is 2.21. The van der Waals surface area contributed by atoms with Crippen LogP contribution in [0.25, 0.3) is 0 Å². The van der Waals surface area contributed by atoms with Gasteiger partial charge in [0.2, 0.25) is 5.91 Å². The summed E-state index contributed by atoms with van der Waals surface area (Å²) in [5.74, 6) is -2.69. The van der Waals surface area contributed by atoms with Gasteiger partial charge in [-0.1, -0.05) is 18.2 Å². The number of nitrogens with one attached hydrogen (secondary N) is 1. The van der Waals surface area contributed by atoms with Gasteiger partial charge in [0, 0.05) is 6.54 Å². The van der Waals surface area contributed by atoms with Crippen LogP contribution in [-0.4, -0.2) is 35.7 Å². The summed E-state index contributed by atoms with van der Waals surface area (Å²) in [6.07, 6.45) is 4.14. The first-order valence-corrected chi connectivity index (χ1v) is 5.10. The van der Waals surface area contributed by atoms with Crippen LogP contribution in [0.1, 0.15) is 0 Å². The summed E-state index contributed by atoms with van der Waals surface area (Å²) in [5, 5.41) is 11.7. The highest BCUT2D eigenvalue weighted by atomic mass is 16.5. The number of amides is 1. The Bertz CT molecular complexity index is 363. The molecule has 2 rings (SSSR count). The molecule has 0 unspecified atom stereocenters. The molecular formula is C11H13NO4. The van der Waals surface area contributed by atoms with Crippen molar-refractivity contribution in [2.24, 2.45) is 11.8 Å². The van der Waals surface area contributed by atoms with Gasteiger partial charge < -0.3 is 15.2 Å². The summed E-state index contributed by atoms with van der Waals surface area (Å²) in [7, 11) is 0. The molecule has 0 saturated carbocycles. The van der Waals surface area contributed by atoms with E-state index >= 15 is 0 Å². The lowest BCUT2D eigenvalue weighted by Crippen LogP contribution is -2.42. The highest BCUT2D eigenvalue weighted by Crippen LogP contribution is 2.39. The number of aliphatic carboxylic acids is 1. The van der Waals surface area contributed by atoms with E-state index in [0.717, 1.165) is 0 Å². The minimum atomic E-state index is -0.990. The van der Waals surface area contributed by atoms with Crippen LogP contribution < -0.4 is 5.32 Å². The quantitative estimate of drug-likeness (QED) is 0.655. The molecule has 5 heteroatoms. The van der Waals surface area contributed by atoms with Gasteiger partial charge in [-0.15, -0.1) is 6.58 Å². The van der Waals surface area contributed by atoms with E-state index in [-0.39, 0.29) is 5.91 Å². The number of rotatable bonds is 4. The Kier molecular flexibility index (Phi) is 2.78. The minimum absolute atomic E-state index is 0.288. The molecule has 0 spiro atoms. The van der Waals surface area contributed by atoms with E-state index in [2.05, 4.69) is 11.9 Å². The van der Waals surface area contributed by atoms with Crippen LogP contribution in [0.2, 0.25) is 0 Å². The van der Waals surface area contributed by atoms with Crippen molar-refractivity contribution in [3.63, 3.8) is 0 Å². The van der Waals surface area contributed by atoms with E-state index in [1.165, 1.54) is 0 Å². The van der Waals surface area contributed by atoms with E-state index < -0.39 is 30.0 Å². The zero-order valence-electron chi connectivity index (χ0n) is 8.63. The second-order valence-corrected chi connectivity index (χ2v) is 3.87. The lowest BCUT2D eigenvalue weighted by molar-refractivity contribution is -0.146. The number of carboxylic acids is 1. The van der Waals surface area contributed by atoms with Gasteiger partial charge in [0.1, 0.15) is 5.92 Å². The van der Waals surface area contributed by atoms with Crippen molar-refractivity contribution >= 4 is 11.9 Å². The van der Waals surface area contributed by atoms with Crippen LogP contribution >= 0.6 is 0 Å². The van der Waals surface area contributed by atoms with E-state index in [0.29, 0.717) is 6.54 Å². The molecule has 0 aromatic rings. The normalized spacial score (nSPS) is 35.0.